The standard InChI is InChI=1S/C10H16O/c1-8-4-2-6-10(11)7-3-5-9(8)10/h2,4,8-9,11H,3,5-7H2,1H3/t8-,9+,10-/m1/s1. The Morgan fingerprint density at radius 3 is 3.09 bits per heavy atom. The van der Waals surface area contributed by atoms with Gasteiger partial charge in [-0.2, -0.15) is 0 Å². The predicted octanol–water partition coefficient (Wildman–Crippen LogP) is 2.11. The molecule has 11 heavy (non-hydrogen) atoms. The molecule has 0 heterocycles. The first-order valence-corrected chi connectivity index (χ1v) is 4.61. The van der Waals surface area contributed by atoms with Gasteiger partial charge in [0.15, 0.2) is 0 Å². The summed E-state index contributed by atoms with van der Waals surface area (Å²) in [6, 6.07) is 0. The Morgan fingerprint density at radius 2 is 2.36 bits per heavy atom. The molecule has 2 aliphatic carbocycles. The van der Waals surface area contributed by atoms with E-state index in [-0.39, 0.29) is 5.60 Å². The van der Waals surface area contributed by atoms with Gasteiger partial charge in [-0.15, -0.1) is 0 Å². The highest BCUT2D eigenvalue weighted by atomic mass is 16.3. The van der Waals surface area contributed by atoms with Crippen molar-refractivity contribution < 1.29 is 5.11 Å². The summed E-state index contributed by atoms with van der Waals surface area (Å²) in [6.45, 7) is 2.22. The first-order valence-electron chi connectivity index (χ1n) is 4.61. The lowest BCUT2D eigenvalue weighted by molar-refractivity contribution is -0.0135. The average molecular weight is 152 g/mol. The Balaban J connectivity index is 2.25. The van der Waals surface area contributed by atoms with Crippen molar-refractivity contribution in [1.82, 2.24) is 0 Å². The third-order valence-electron chi connectivity index (χ3n) is 3.36. The van der Waals surface area contributed by atoms with Crippen LogP contribution in [-0.4, -0.2) is 10.7 Å². The molecule has 0 aromatic rings. The van der Waals surface area contributed by atoms with Gasteiger partial charge in [-0.05, 0) is 31.1 Å². The zero-order valence-corrected chi connectivity index (χ0v) is 7.09. The van der Waals surface area contributed by atoms with Gasteiger partial charge in [-0.1, -0.05) is 25.5 Å². The Bertz CT molecular complexity index is 185. The minimum Gasteiger partial charge on any atom is -0.389 e. The SMILES string of the molecule is C[C@@H]1C=CC[C@@]2(O)CCC[C@@H]12. The lowest BCUT2D eigenvalue weighted by atomic mass is 9.75. The Hall–Kier alpha value is -0.300. The molecule has 1 saturated carbocycles. The molecule has 0 aliphatic heterocycles. The monoisotopic (exact) mass is 152 g/mol. The van der Waals surface area contributed by atoms with Crippen LogP contribution in [0.15, 0.2) is 12.2 Å². The molecule has 2 rings (SSSR count). The van der Waals surface area contributed by atoms with Crippen molar-refractivity contribution in [3.63, 3.8) is 0 Å². The minimum atomic E-state index is -0.325. The molecule has 0 bridgehead atoms. The van der Waals surface area contributed by atoms with Crippen LogP contribution in [-0.2, 0) is 0 Å². The van der Waals surface area contributed by atoms with Gasteiger partial charge in [0.25, 0.3) is 0 Å². The van der Waals surface area contributed by atoms with Crippen molar-refractivity contribution in [1.29, 1.82) is 0 Å². The Morgan fingerprint density at radius 1 is 1.55 bits per heavy atom. The topological polar surface area (TPSA) is 20.2 Å². The fraction of sp³-hybridized carbons (Fsp3) is 0.800. The summed E-state index contributed by atoms with van der Waals surface area (Å²) in [7, 11) is 0. The normalized spacial score (nSPS) is 49.3. The van der Waals surface area contributed by atoms with Crippen LogP contribution in [0.2, 0.25) is 0 Å². The molecule has 0 amide bonds. The zero-order valence-electron chi connectivity index (χ0n) is 7.09. The van der Waals surface area contributed by atoms with Gasteiger partial charge in [-0.3, -0.25) is 0 Å². The summed E-state index contributed by atoms with van der Waals surface area (Å²) in [6.07, 6.45) is 8.75. The van der Waals surface area contributed by atoms with E-state index >= 15 is 0 Å². The fourth-order valence-electron chi connectivity index (χ4n) is 2.71. The fourth-order valence-corrected chi connectivity index (χ4v) is 2.71. The van der Waals surface area contributed by atoms with Gasteiger partial charge in [0.05, 0.1) is 5.60 Å². The molecule has 0 aromatic heterocycles. The van der Waals surface area contributed by atoms with E-state index in [9.17, 15) is 5.11 Å². The van der Waals surface area contributed by atoms with Crippen molar-refractivity contribution >= 4 is 0 Å². The molecule has 1 heteroatoms. The Kier molecular flexibility index (Phi) is 1.57. The first kappa shape index (κ1) is 7.35. The van der Waals surface area contributed by atoms with Gasteiger partial charge in [0, 0.05) is 0 Å². The van der Waals surface area contributed by atoms with Crippen LogP contribution in [0.5, 0.6) is 0 Å². The van der Waals surface area contributed by atoms with Gasteiger partial charge in [0.1, 0.15) is 0 Å². The number of rotatable bonds is 0. The van der Waals surface area contributed by atoms with E-state index in [4.69, 9.17) is 0 Å². The zero-order chi connectivity index (χ0) is 7.90. The smallest absolute Gasteiger partial charge is 0.0715 e. The third kappa shape index (κ3) is 1.02. The molecule has 0 radical (unpaired) electrons. The summed E-state index contributed by atoms with van der Waals surface area (Å²) in [5.41, 5.74) is -0.325. The number of allylic oxidation sites excluding steroid dienone is 1. The van der Waals surface area contributed by atoms with Gasteiger partial charge in [0.2, 0.25) is 0 Å². The van der Waals surface area contributed by atoms with Gasteiger partial charge < -0.3 is 5.11 Å². The van der Waals surface area contributed by atoms with Crippen molar-refractivity contribution in [2.75, 3.05) is 0 Å². The van der Waals surface area contributed by atoms with Crippen molar-refractivity contribution in [2.24, 2.45) is 11.8 Å². The van der Waals surface area contributed by atoms with Crippen molar-refractivity contribution in [3.05, 3.63) is 12.2 Å². The molecule has 1 nitrogen and oxygen atoms in total. The first-order chi connectivity index (χ1) is 5.22. The van der Waals surface area contributed by atoms with E-state index in [0.29, 0.717) is 11.8 Å². The Labute approximate surface area is 68.1 Å². The second-order valence-corrected chi connectivity index (χ2v) is 4.09. The van der Waals surface area contributed by atoms with Crippen LogP contribution < -0.4 is 0 Å². The summed E-state index contributed by atoms with van der Waals surface area (Å²) in [5.74, 6) is 1.14. The lowest BCUT2D eigenvalue weighted by Gasteiger charge is -2.35. The van der Waals surface area contributed by atoms with Gasteiger partial charge >= 0.3 is 0 Å². The minimum absolute atomic E-state index is 0.325. The van der Waals surface area contributed by atoms with Gasteiger partial charge in [-0.25, -0.2) is 0 Å². The largest absolute Gasteiger partial charge is 0.389 e. The molecular weight excluding hydrogens is 136 g/mol. The quantitative estimate of drug-likeness (QED) is 0.527. The maximum Gasteiger partial charge on any atom is 0.0715 e. The van der Waals surface area contributed by atoms with E-state index in [2.05, 4.69) is 19.1 Å². The highest BCUT2D eigenvalue weighted by Crippen LogP contribution is 2.45. The number of aliphatic hydroxyl groups is 1. The van der Waals surface area contributed by atoms with E-state index in [1.807, 2.05) is 0 Å². The average Bonchev–Trinajstić information content (AvgIpc) is 2.31. The summed E-state index contributed by atoms with van der Waals surface area (Å²) in [5, 5.41) is 10.1. The maximum absolute atomic E-state index is 10.1. The van der Waals surface area contributed by atoms with Crippen molar-refractivity contribution in [3.8, 4) is 0 Å². The lowest BCUT2D eigenvalue weighted by Crippen LogP contribution is -2.37. The van der Waals surface area contributed by atoms with Crippen LogP contribution in [0.4, 0.5) is 0 Å². The van der Waals surface area contributed by atoms with E-state index in [1.165, 1.54) is 12.8 Å². The van der Waals surface area contributed by atoms with Crippen LogP contribution >= 0.6 is 0 Å². The molecule has 3 atom stereocenters. The number of fused-ring (bicyclic) bond motifs is 1. The van der Waals surface area contributed by atoms with E-state index < -0.39 is 0 Å². The van der Waals surface area contributed by atoms with Crippen LogP contribution in [0.3, 0.4) is 0 Å². The van der Waals surface area contributed by atoms with Crippen molar-refractivity contribution in [2.45, 2.75) is 38.2 Å². The molecule has 0 unspecified atom stereocenters. The molecule has 0 aromatic carbocycles. The highest BCUT2D eigenvalue weighted by Gasteiger charge is 2.43. The van der Waals surface area contributed by atoms with Crippen LogP contribution in [0.25, 0.3) is 0 Å². The summed E-state index contributed by atoms with van der Waals surface area (Å²) >= 11 is 0. The molecule has 1 N–H and O–H groups in total. The predicted molar refractivity (Wildman–Crippen MR) is 45.2 cm³/mol. The molecule has 1 fully saturated rings. The number of hydrogen-bond donors (Lipinski definition) is 1. The molecule has 2 aliphatic rings. The second-order valence-electron chi connectivity index (χ2n) is 4.09. The summed E-state index contributed by atoms with van der Waals surface area (Å²) < 4.78 is 0. The van der Waals surface area contributed by atoms with Crippen LogP contribution in [0, 0.1) is 11.8 Å². The van der Waals surface area contributed by atoms with E-state index in [1.54, 1.807) is 0 Å². The number of hydrogen-bond acceptors (Lipinski definition) is 1. The van der Waals surface area contributed by atoms with Crippen LogP contribution in [0.1, 0.15) is 32.6 Å². The molecule has 0 spiro atoms. The van der Waals surface area contributed by atoms with E-state index in [0.717, 1.165) is 12.8 Å². The highest BCUT2D eigenvalue weighted by molar-refractivity contribution is 5.08. The maximum atomic E-state index is 10.1. The third-order valence-corrected chi connectivity index (χ3v) is 3.36. The summed E-state index contributed by atoms with van der Waals surface area (Å²) in [4.78, 5) is 0. The molecule has 62 valence electrons. The molecule has 0 saturated heterocycles. The molecular formula is C10H16O. The second kappa shape index (κ2) is 2.34.